The van der Waals surface area contributed by atoms with Gasteiger partial charge in [-0.2, -0.15) is 0 Å². The summed E-state index contributed by atoms with van der Waals surface area (Å²) in [7, 11) is 0. The maximum Gasteiger partial charge on any atom is 1.00 e. The zero-order valence-corrected chi connectivity index (χ0v) is 8.83. The molecule has 8 heteroatoms. The molecule has 0 amide bonds. The van der Waals surface area contributed by atoms with Crippen molar-refractivity contribution in [1.29, 1.82) is 0 Å². The number of hydrogen-bond donors (Lipinski definition) is 0. The molecule has 0 aliphatic carbocycles. The Kier molecular flexibility index (Phi) is 1820. The van der Waals surface area contributed by atoms with Gasteiger partial charge in [-0.25, -0.2) is 0 Å². The smallest absolute Gasteiger partial charge is 1.00 e. The minimum absolute atomic E-state index is 0. The number of rotatable bonds is 0. The van der Waals surface area contributed by atoms with Gasteiger partial charge in [0.25, 0.3) is 0 Å². The van der Waals surface area contributed by atoms with Gasteiger partial charge in [-0.3, -0.25) is 0 Å². The van der Waals surface area contributed by atoms with Crippen LogP contribution in [-0.4, -0.2) is 0 Å². The molecule has 1 radical (unpaired) electrons. The van der Waals surface area contributed by atoms with E-state index in [4.69, 9.17) is 0 Å². The summed E-state index contributed by atoms with van der Waals surface area (Å²) in [5.41, 5.74) is 0. The Balaban J connectivity index is 0. The van der Waals surface area contributed by atoms with Crippen LogP contribution in [0.3, 0.4) is 0 Å². The van der Waals surface area contributed by atoms with Crippen LogP contribution >= 0.6 is 0 Å². The van der Waals surface area contributed by atoms with Crippen molar-refractivity contribution in [3.05, 3.63) is 0 Å². The monoisotopic (exact) mass is 436 g/mol. The number of hydrogen-bond acceptors (Lipinski definition) is 0. The molecule has 0 fully saturated rings. The minimum atomic E-state index is 0. The Morgan fingerprint density at radius 1 is 0.375 bits per heavy atom. The van der Waals surface area contributed by atoms with E-state index in [0.717, 1.165) is 0 Å². The van der Waals surface area contributed by atoms with Crippen molar-refractivity contribution >= 4 is 0 Å². The second kappa shape index (κ2) is 103. The summed E-state index contributed by atoms with van der Waals surface area (Å²) >= 11 is 0. The zero-order valence-electron chi connectivity index (χ0n) is 2.98. The summed E-state index contributed by atoms with van der Waals surface area (Å²) in [5, 5.41) is 0. The van der Waals surface area contributed by atoms with Crippen molar-refractivity contribution in [3.8, 4) is 0 Å². The molecule has 0 saturated carbocycles. The molecule has 0 aromatic carbocycles. The summed E-state index contributed by atoms with van der Waals surface area (Å²) < 4.78 is 0. The molecular formula is Ag3O4V-5. The van der Waals surface area contributed by atoms with Crippen LogP contribution in [0.25, 0.3) is 0 Å². The molecule has 0 aliphatic heterocycles. The molecule has 0 aliphatic rings. The molecule has 8 heavy (non-hydrogen) atoms. The van der Waals surface area contributed by atoms with Crippen LogP contribution < -0.4 is 0 Å². The van der Waals surface area contributed by atoms with E-state index in [1.54, 1.807) is 0 Å². The van der Waals surface area contributed by atoms with Crippen LogP contribution in [0.4, 0.5) is 0 Å². The predicted molar refractivity (Wildman–Crippen MR) is 2.75 cm³/mol. The van der Waals surface area contributed by atoms with Crippen molar-refractivity contribution in [3.63, 3.8) is 0 Å². The Bertz CT molecular complexity index is 11.2. The molecule has 4 nitrogen and oxygen atoms in total. The van der Waals surface area contributed by atoms with Crippen molar-refractivity contribution in [2.75, 3.05) is 0 Å². The van der Waals surface area contributed by atoms with Gasteiger partial charge in [0, 0.05) is 18.6 Å². The molecule has 0 rings (SSSR count). The van der Waals surface area contributed by atoms with Crippen LogP contribution in [0, 0.1) is 0 Å². The maximum atomic E-state index is 0. The van der Waals surface area contributed by atoms with E-state index in [1.807, 2.05) is 0 Å². The third kappa shape index (κ3) is 72.2. The molecule has 0 atom stereocenters. The maximum absolute atomic E-state index is 0. The van der Waals surface area contributed by atoms with Gasteiger partial charge < -0.3 is 21.9 Å². The molecule has 0 bridgehead atoms. The van der Waals surface area contributed by atoms with Crippen LogP contribution in [0.15, 0.2) is 0 Å². The van der Waals surface area contributed by atoms with Gasteiger partial charge in [0.15, 0.2) is 0 Å². The van der Waals surface area contributed by atoms with Crippen molar-refractivity contribution in [2.24, 2.45) is 0 Å². The Morgan fingerprint density at radius 2 is 0.375 bits per heavy atom. The fraction of sp³-hybridized carbons (Fsp3) is 0. The first-order chi connectivity index (χ1) is 0. The van der Waals surface area contributed by atoms with E-state index in [1.165, 1.54) is 0 Å². The Hall–Kier alpha value is 2.65. The topological polar surface area (TPSA) is 114 Å². The van der Waals surface area contributed by atoms with Gasteiger partial charge in [0.05, 0.1) is 0 Å². The first-order valence-corrected chi connectivity index (χ1v) is 0. The fourth-order valence-corrected chi connectivity index (χ4v) is 0. The SMILES string of the molecule is [Ag+].[Ag+].[Ag+].[O-2].[O-2].[O-2].[O-2].[V]. The average molecular weight is 439 g/mol. The van der Waals surface area contributed by atoms with E-state index in [-0.39, 0.29) is 108 Å². The van der Waals surface area contributed by atoms with E-state index in [9.17, 15) is 0 Å². The van der Waals surface area contributed by atoms with E-state index >= 15 is 0 Å². The molecule has 0 N–H and O–H groups in total. The molecule has 0 spiro atoms. The summed E-state index contributed by atoms with van der Waals surface area (Å²) in [5.74, 6) is 0. The van der Waals surface area contributed by atoms with Crippen LogP contribution in [0.2, 0.25) is 0 Å². The van der Waals surface area contributed by atoms with Crippen molar-refractivity contribution in [2.45, 2.75) is 0 Å². The van der Waals surface area contributed by atoms with Gasteiger partial charge in [0.1, 0.15) is 0 Å². The summed E-state index contributed by atoms with van der Waals surface area (Å²) in [4.78, 5) is 0. The minimum Gasteiger partial charge on any atom is -2.00 e. The van der Waals surface area contributed by atoms with E-state index < -0.39 is 0 Å². The van der Waals surface area contributed by atoms with Crippen molar-refractivity contribution < 1.29 is 108 Å². The standard InChI is InChI=1S/3Ag.4O.V/q3*+1;4*-2;. The second-order valence-electron chi connectivity index (χ2n) is 0. The van der Waals surface area contributed by atoms with Crippen LogP contribution in [0.5, 0.6) is 0 Å². The second-order valence-corrected chi connectivity index (χ2v) is 0. The molecular weight excluding hydrogens is 439 g/mol. The van der Waals surface area contributed by atoms with Crippen LogP contribution in [-0.2, 0) is 108 Å². The molecule has 0 aromatic rings. The van der Waals surface area contributed by atoms with Gasteiger partial charge >= 0.3 is 67.1 Å². The van der Waals surface area contributed by atoms with Gasteiger partial charge in [-0.05, 0) is 0 Å². The Labute approximate surface area is 106 Å². The molecule has 67 valence electrons. The van der Waals surface area contributed by atoms with Crippen molar-refractivity contribution in [1.82, 2.24) is 0 Å². The third-order valence-electron chi connectivity index (χ3n) is 0. The van der Waals surface area contributed by atoms with E-state index in [0.29, 0.717) is 0 Å². The van der Waals surface area contributed by atoms with Gasteiger partial charge in [0.2, 0.25) is 0 Å². The van der Waals surface area contributed by atoms with E-state index in [2.05, 4.69) is 0 Å². The zero-order chi connectivity index (χ0) is 0. The first-order valence-electron chi connectivity index (χ1n) is 0. The van der Waals surface area contributed by atoms with Gasteiger partial charge in [-0.1, -0.05) is 0 Å². The summed E-state index contributed by atoms with van der Waals surface area (Å²) in [6.45, 7) is 0. The molecule has 0 saturated heterocycles. The largest absolute Gasteiger partial charge is 2.00 e. The summed E-state index contributed by atoms with van der Waals surface area (Å²) in [6, 6.07) is 0. The fourth-order valence-electron chi connectivity index (χ4n) is 0. The predicted octanol–water partition coefficient (Wildman–Crippen LogP) is -0.485. The van der Waals surface area contributed by atoms with Crippen LogP contribution in [0.1, 0.15) is 0 Å². The third-order valence-corrected chi connectivity index (χ3v) is 0. The summed E-state index contributed by atoms with van der Waals surface area (Å²) in [6.07, 6.45) is 0. The Morgan fingerprint density at radius 3 is 0.375 bits per heavy atom. The quantitative estimate of drug-likeness (QED) is 0.455. The normalized spacial score (nSPS) is 0. The average Bonchev–Trinajstić information content (AvgIpc) is 0. The molecule has 0 aromatic heterocycles. The van der Waals surface area contributed by atoms with Gasteiger partial charge in [-0.15, -0.1) is 0 Å². The first kappa shape index (κ1) is 142. The molecule has 0 unspecified atom stereocenters. The molecule has 0 heterocycles.